The highest BCUT2D eigenvalue weighted by Gasteiger charge is 2.27. The molecule has 134 valence electrons. The summed E-state index contributed by atoms with van der Waals surface area (Å²) in [5.74, 6) is 0.957. The third-order valence-corrected chi connectivity index (χ3v) is 5.17. The summed E-state index contributed by atoms with van der Waals surface area (Å²) in [4.78, 5) is 12.2. The molecule has 1 fully saturated rings. The van der Waals surface area contributed by atoms with Gasteiger partial charge < -0.3 is 14.6 Å². The molecule has 1 N–H and O–H groups in total. The lowest BCUT2D eigenvalue weighted by atomic mass is 10.1. The lowest BCUT2D eigenvalue weighted by Gasteiger charge is -2.13. The average molecular weight is 360 g/mol. The van der Waals surface area contributed by atoms with Crippen molar-refractivity contribution in [3.05, 3.63) is 41.7 Å². The number of carbonyl (C=O) groups is 1. The Kier molecular flexibility index (Phi) is 6.09. The number of thioether (sulfide) groups is 1. The van der Waals surface area contributed by atoms with Gasteiger partial charge in [-0.2, -0.15) is 0 Å². The summed E-state index contributed by atoms with van der Waals surface area (Å²) in [6.45, 7) is 3.16. The van der Waals surface area contributed by atoms with Gasteiger partial charge in [-0.3, -0.25) is 4.79 Å². The average Bonchev–Trinajstić information content (AvgIpc) is 3.36. The second-order valence-electron chi connectivity index (χ2n) is 6.25. The first kappa shape index (κ1) is 17.9. The fraction of sp³-hybridized carbons (Fsp3) is 0.500. The molecule has 0 saturated heterocycles. The van der Waals surface area contributed by atoms with Crippen LogP contribution in [0.3, 0.4) is 0 Å². The van der Waals surface area contributed by atoms with Crippen molar-refractivity contribution in [2.45, 2.75) is 49.2 Å². The summed E-state index contributed by atoms with van der Waals surface area (Å²) in [5.41, 5.74) is 1.18. The van der Waals surface area contributed by atoms with Crippen LogP contribution < -0.4 is 5.32 Å². The smallest absolute Gasteiger partial charge is 0.233 e. The molecule has 0 radical (unpaired) electrons. The molecule has 1 aliphatic carbocycles. The van der Waals surface area contributed by atoms with Crippen LogP contribution >= 0.6 is 11.8 Å². The van der Waals surface area contributed by atoms with Gasteiger partial charge in [-0.05, 0) is 25.3 Å². The Bertz CT molecular complexity index is 700. The van der Waals surface area contributed by atoms with Crippen LogP contribution in [0.1, 0.15) is 31.2 Å². The molecule has 1 aliphatic rings. The fourth-order valence-corrected chi connectivity index (χ4v) is 3.38. The van der Waals surface area contributed by atoms with Crippen LogP contribution in [-0.2, 0) is 22.5 Å². The third kappa shape index (κ3) is 5.06. The molecule has 6 nitrogen and oxygen atoms in total. The van der Waals surface area contributed by atoms with E-state index in [1.54, 1.807) is 7.11 Å². The van der Waals surface area contributed by atoms with Crippen LogP contribution in [-0.4, -0.2) is 45.7 Å². The lowest BCUT2D eigenvalue weighted by molar-refractivity contribution is -0.120. The molecule has 1 amide bonds. The van der Waals surface area contributed by atoms with Crippen molar-refractivity contribution in [2.75, 3.05) is 13.7 Å². The highest BCUT2D eigenvalue weighted by molar-refractivity contribution is 8.00. The highest BCUT2D eigenvalue weighted by atomic mass is 32.2. The van der Waals surface area contributed by atoms with E-state index in [9.17, 15) is 4.79 Å². The third-order valence-electron chi connectivity index (χ3n) is 4.09. The number of ether oxygens (including phenoxy) is 1. The van der Waals surface area contributed by atoms with Gasteiger partial charge in [0.2, 0.25) is 5.91 Å². The topological polar surface area (TPSA) is 69.0 Å². The van der Waals surface area contributed by atoms with E-state index < -0.39 is 0 Å². The number of hydrogen-bond donors (Lipinski definition) is 1. The number of hydrogen-bond acceptors (Lipinski definition) is 5. The zero-order valence-electron chi connectivity index (χ0n) is 14.6. The predicted octanol–water partition coefficient (Wildman–Crippen LogP) is 2.27. The van der Waals surface area contributed by atoms with E-state index in [-0.39, 0.29) is 11.2 Å². The van der Waals surface area contributed by atoms with Crippen LogP contribution in [0.4, 0.5) is 0 Å². The van der Waals surface area contributed by atoms with Crippen molar-refractivity contribution in [1.29, 1.82) is 0 Å². The quantitative estimate of drug-likeness (QED) is 0.695. The minimum Gasteiger partial charge on any atom is -0.383 e. The summed E-state index contributed by atoms with van der Waals surface area (Å²) in [6, 6.07) is 10.6. The van der Waals surface area contributed by atoms with Crippen molar-refractivity contribution in [2.24, 2.45) is 0 Å². The van der Waals surface area contributed by atoms with Gasteiger partial charge in [-0.1, -0.05) is 42.1 Å². The molecule has 2 aromatic rings. The summed E-state index contributed by atoms with van der Waals surface area (Å²) in [5, 5.41) is 12.3. The first-order chi connectivity index (χ1) is 12.2. The van der Waals surface area contributed by atoms with E-state index in [0.717, 1.165) is 23.8 Å². The first-order valence-electron chi connectivity index (χ1n) is 8.59. The number of benzene rings is 1. The molecular weight excluding hydrogens is 336 g/mol. The summed E-state index contributed by atoms with van der Waals surface area (Å²) in [6.07, 6.45) is 2.89. The van der Waals surface area contributed by atoms with E-state index >= 15 is 0 Å². The molecule has 0 bridgehead atoms. The van der Waals surface area contributed by atoms with Crippen LogP contribution in [0.5, 0.6) is 0 Å². The standard InChI is InChI=1S/C18H24N4O2S/c1-13(17(23)19-15-8-9-15)25-18-21-20-16(22(18)10-11-24-2)12-14-6-4-3-5-7-14/h3-7,13,15H,8-12H2,1-2H3,(H,19,23)/t13-/m0/s1. The summed E-state index contributed by atoms with van der Waals surface area (Å²) >= 11 is 1.45. The van der Waals surface area contributed by atoms with Gasteiger partial charge in [0.1, 0.15) is 5.82 Å². The van der Waals surface area contributed by atoms with Crippen molar-refractivity contribution >= 4 is 17.7 Å². The number of nitrogens with zero attached hydrogens (tertiary/aromatic N) is 3. The van der Waals surface area contributed by atoms with Gasteiger partial charge in [0.15, 0.2) is 5.16 Å². The molecule has 1 saturated carbocycles. The Labute approximate surface area is 152 Å². The Morgan fingerprint density at radius 2 is 2.12 bits per heavy atom. The van der Waals surface area contributed by atoms with Gasteiger partial charge >= 0.3 is 0 Å². The molecule has 25 heavy (non-hydrogen) atoms. The van der Waals surface area contributed by atoms with Gasteiger partial charge in [0.05, 0.1) is 11.9 Å². The second kappa shape index (κ2) is 8.49. The highest BCUT2D eigenvalue weighted by Crippen LogP contribution is 2.25. The maximum atomic E-state index is 12.2. The molecule has 7 heteroatoms. The number of amides is 1. The van der Waals surface area contributed by atoms with E-state index in [4.69, 9.17) is 4.74 Å². The number of aromatic nitrogens is 3. The Morgan fingerprint density at radius 1 is 1.36 bits per heavy atom. The largest absolute Gasteiger partial charge is 0.383 e. The van der Waals surface area contributed by atoms with E-state index in [1.165, 1.54) is 17.3 Å². The molecule has 1 aromatic carbocycles. The number of rotatable bonds is 9. The molecule has 1 atom stereocenters. The molecule has 0 spiro atoms. The summed E-state index contributed by atoms with van der Waals surface area (Å²) < 4.78 is 7.28. The second-order valence-corrected chi connectivity index (χ2v) is 7.56. The van der Waals surface area contributed by atoms with Crippen LogP contribution in [0.2, 0.25) is 0 Å². The molecule has 3 rings (SSSR count). The van der Waals surface area contributed by atoms with Gasteiger partial charge in [0.25, 0.3) is 0 Å². The molecule has 0 unspecified atom stereocenters. The number of carbonyl (C=O) groups excluding carboxylic acids is 1. The van der Waals surface area contributed by atoms with Crippen LogP contribution in [0.15, 0.2) is 35.5 Å². The fourth-order valence-electron chi connectivity index (χ4n) is 2.48. The Morgan fingerprint density at radius 3 is 2.80 bits per heavy atom. The van der Waals surface area contributed by atoms with Crippen LogP contribution in [0, 0.1) is 0 Å². The SMILES string of the molecule is COCCn1c(Cc2ccccc2)nnc1S[C@@H](C)C(=O)NC1CC1. The predicted molar refractivity (Wildman–Crippen MR) is 97.6 cm³/mol. The molecule has 1 heterocycles. The minimum absolute atomic E-state index is 0.0680. The van der Waals surface area contributed by atoms with Crippen molar-refractivity contribution in [3.8, 4) is 0 Å². The molecular formula is C18H24N4O2S. The van der Waals surface area contributed by atoms with Crippen molar-refractivity contribution in [1.82, 2.24) is 20.1 Å². The normalized spacial score (nSPS) is 15.1. The maximum Gasteiger partial charge on any atom is 0.233 e. The van der Waals surface area contributed by atoms with E-state index in [0.29, 0.717) is 25.6 Å². The van der Waals surface area contributed by atoms with Gasteiger partial charge in [0, 0.05) is 26.1 Å². The molecule has 0 aliphatic heterocycles. The van der Waals surface area contributed by atoms with Crippen molar-refractivity contribution in [3.63, 3.8) is 0 Å². The van der Waals surface area contributed by atoms with Crippen LogP contribution in [0.25, 0.3) is 0 Å². The zero-order chi connectivity index (χ0) is 17.6. The monoisotopic (exact) mass is 360 g/mol. The van der Waals surface area contributed by atoms with Gasteiger partial charge in [-0.25, -0.2) is 0 Å². The van der Waals surface area contributed by atoms with E-state index in [1.807, 2.05) is 25.1 Å². The lowest BCUT2D eigenvalue weighted by Crippen LogP contribution is -2.32. The van der Waals surface area contributed by atoms with Gasteiger partial charge in [-0.15, -0.1) is 10.2 Å². The van der Waals surface area contributed by atoms with E-state index in [2.05, 4.69) is 32.2 Å². The minimum atomic E-state index is -0.198. The Balaban J connectivity index is 1.72. The van der Waals surface area contributed by atoms with Crippen molar-refractivity contribution < 1.29 is 9.53 Å². The summed E-state index contributed by atoms with van der Waals surface area (Å²) in [7, 11) is 1.68. The number of methoxy groups -OCH3 is 1. The number of nitrogens with one attached hydrogen (secondary N) is 1. The maximum absolute atomic E-state index is 12.2. The zero-order valence-corrected chi connectivity index (χ0v) is 15.5. The Hall–Kier alpha value is -1.86. The first-order valence-corrected chi connectivity index (χ1v) is 9.47. The molecule has 1 aromatic heterocycles.